The summed E-state index contributed by atoms with van der Waals surface area (Å²) in [7, 11) is -2.17. The van der Waals surface area contributed by atoms with Gasteiger partial charge in [0, 0.05) is 19.8 Å². The Balaban J connectivity index is 1.90. The van der Waals surface area contributed by atoms with Crippen LogP contribution >= 0.6 is 0 Å². The molecule has 0 aliphatic heterocycles. The first kappa shape index (κ1) is 19.0. The zero-order valence-corrected chi connectivity index (χ0v) is 15.3. The number of ether oxygens (including phenoxy) is 1. The molecule has 1 heterocycles. The first-order valence-electron chi connectivity index (χ1n) is 7.89. The normalized spacial score (nSPS) is 11.7. The van der Waals surface area contributed by atoms with E-state index in [2.05, 4.69) is 18.6 Å². The largest absolute Gasteiger partial charge is 0.492 e. The van der Waals surface area contributed by atoms with E-state index in [4.69, 9.17) is 10.5 Å². The van der Waals surface area contributed by atoms with Crippen molar-refractivity contribution in [2.24, 2.45) is 12.8 Å². The van der Waals surface area contributed by atoms with Crippen LogP contribution in [0.25, 0.3) is 0 Å². The molecule has 8 heteroatoms. The van der Waals surface area contributed by atoms with Crippen LogP contribution in [0.1, 0.15) is 35.8 Å². The molecule has 25 heavy (non-hydrogen) atoms. The first-order chi connectivity index (χ1) is 11.7. The van der Waals surface area contributed by atoms with Gasteiger partial charge in [0.1, 0.15) is 22.9 Å². The average Bonchev–Trinajstić information content (AvgIpc) is 2.95. The van der Waals surface area contributed by atoms with Crippen molar-refractivity contribution in [2.75, 3.05) is 13.2 Å². The van der Waals surface area contributed by atoms with Gasteiger partial charge in [0.15, 0.2) is 0 Å². The van der Waals surface area contributed by atoms with Crippen molar-refractivity contribution in [3.8, 4) is 5.75 Å². The maximum atomic E-state index is 12.2. The van der Waals surface area contributed by atoms with E-state index < -0.39 is 15.9 Å². The highest BCUT2D eigenvalue weighted by molar-refractivity contribution is 7.89. The van der Waals surface area contributed by atoms with Crippen LogP contribution in [-0.2, 0) is 17.1 Å². The van der Waals surface area contributed by atoms with Crippen LogP contribution in [0.3, 0.4) is 0 Å². The minimum Gasteiger partial charge on any atom is -0.492 e. The molecule has 7 nitrogen and oxygen atoms in total. The van der Waals surface area contributed by atoms with Crippen LogP contribution in [0.4, 0.5) is 0 Å². The van der Waals surface area contributed by atoms with E-state index >= 15 is 0 Å². The van der Waals surface area contributed by atoms with Crippen LogP contribution in [0.15, 0.2) is 41.4 Å². The van der Waals surface area contributed by atoms with E-state index in [1.165, 1.54) is 22.4 Å². The number of nitrogens with two attached hydrogens (primary N) is 1. The van der Waals surface area contributed by atoms with E-state index in [0.29, 0.717) is 11.7 Å². The van der Waals surface area contributed by atoms with E-state index in [-0.39, 0.29) is 23.7 Å². The highest BCUT2D eigenvalue weighted by Gasteiger charge is 2.19. The van der Waals surface area contributed by atoms with Crippen LogP contribution < -0.4 is 15.2 Å². The van der Waals surface area contributed by atoms with Gasteiger partial charge in [-0.1, -0.05) is 26.0 Å². The van der Waals surface area contributed by atoms with Gasteiger partial charge in [-0.2, -0.15) is 0 Å². The van der Waals surface area contributed by atoms with Crippen LogP contribution in [-0.4, -0.2) is 32.0 Å². The highest BCUT2D eigenvalue weighted by atomic mass is 32.2. The Morgan fingerprint density at radius 2 is 1.92 bits per heavy atom. The van der Waals surface area contributed by atoms with Gasteiger partial charge >= 0.3 is 0 Å². The number of rotatable bonds is 8. The second-order valence-electron chi connectivity index (χ2n) is 6.01. The first-order valence-corrected chi connectivity index (χ1v) is 9.37. The summed E-state index contributed by atoms with van der Waals surface area (Å²) >= 11 is 0. The minimum absolute atomic E-state index is 0.00918. The Labute approximate surface area is 147 Å². The summed E-state index contributed by atoms with van der Waals surface area (Å²) < 4.78 is 33.8. The molecular formula is C17H23N3O4S. The van der Waals surface area contributed by atoms with E-state index in [1.807, 2.05) is 24.3 Å². The Morgan fingerprint density at radius 3 is 2.44 bits per heavy atom. The van der Waals surface area contributed by atoms with Crippen molar-refractivity contribution in [1.82, 2.24) is 9.29 Å². The second kappa shape index (κ2) is 7.71. The lowest BCUT2D eigenvalue weighted by Crippen LogP contribution is -2.28. The third kappa shape index (κ3) is 4.83. The second-order valence-corrected chi connectivity index (χ2v) is 7.77. The molecule has 1 aromatic carbocycles. The van der Waals surface area contributed by atoms with Gasteiger partial charge in [-0.05, 0) is 29.7 Å². The van der Waals surface area contributed by atoms with Crippen molar-refractivity contribution < 1.29 is 17.9 Å². The molecule has 0 aliphatic rings. The molecule has 0 unspecified atom stereocenters. The van der Waals surface area contributed by atoms with Crippen molar-refractivity contribution in [1.29, 1.82) is 0 Å². The fraction of sp³-hybridized carbons (Fsp3) is 0.353. The Morgan fingerprint density at radius 1 is 1.28 bits per heavy atom. The number of hydrogen-bond donors (Lipinski definition) is 2. The SMILES string of the molecule is CC(C)c1ccc(OCCNS(=O)(=O)c2cc(C(N)=O)n(C)c2)cc1. The average molecular weight is 365 g/mol. The fourth-order valence-corrected chi connectivity index (χ4v) is 3.39. The van der Waals surface area contributed by atoms with Gasteiger partial charge in [-0.3, -0.25) is 4.79 Å². The quantitative estimate of drug-likeness (QED) is 0.694. The summed E-state index contributed by atoms with van der Waals surface area (Å²) in [4.78, 5) is 11.2. The van der Waals surface area contributed by atoms with Crippen LogP contribution in [0.2, 0.25) is 0 Å². The molecule has 2 rings (SSSR count). The molecule has 0 aliphatic carbocycles. The Bertz CT molecular complexity index is 839. The van der Waals surface area contributed by atoms with E-state index in [9.17, 15) is 13.2 Å². The summed E-state index contributed by atoms with van der Waals surface area (Å²) in [6.07, 6.45) is 1.34. The number of primary amides is 1. The molecule has 0 saturated carbocycles. The van der Waals surface area contributed by atoms with Crippen molar-refractivity contribution >= 4 is 15.9 Å². The third-order valence-electron chi connectivity index (χ3n) is 3.75. The van der Waals surface area contributed by atoms with Gasteiger partial charge in [0.25, 0.3) is 5.91 Å². The highest BCUT2D eigenvalue weighted by Crippen LogP contribution is 2.18. The molecule has 0 atom stereocenters. The van der Waals surface area contributed by atoms with Gasteiger partial charge in [-0.25, -0.2) is 13.1 Å². The third-order valence-corrected chi connectivity index (χ3v) is 5.18. The fourth-order valence-electron chi connectivity index (χ4n) is 2.30. The number of nitrogens with zero attached hydrogens (tertiary/aromatic N) is 1. The Kier molecular flexibility index (Phi) is 5.86. The van der Waals surface area contributed by atoms with Crippen molar-refractivity contribution in [2.45, 2.75) is 24.7 Å². The maximum absolute atomic E-state index is 12.2. The van der Waals surface area contributed by atoms with E-state index in [1.54, 1.807) is 7.05 Å². The minimum atomic E-state index is -3.73. The molecule has 0 bridgehead atoms. The maximum Gasteiger partial charge on any atom is 0.265 e. The Hall–Kier alpha value is -2.32. The lowest BCUT2D eigenvalue weighted by atomic mass is 10.0. The zero-order valence-electron chi connectivity index (χ0n) is 14.5. The summed E-state index contributed by atoms with van der Waals surface area (Å²) in [5.74, 6) is 0.438. The number of aromatic nitrogens is 1. The number of carbonyl (C=O) groups excluding carboxylic acids is 1. The monoisotopic (exact) mass is 365 g/mol. The zero-order chi connectivity index (χ0) is 18.6. The summed E-state index contributed by atoms with van der Waals surface area (Å²) in [5.41, 5.74) is 6.53. The van der Waals surface area contributed by atoms with Crippen molar-refractivity contribution in [3.05, 3.63) is 47.8 Å². The smallest absolute Gasteiger partial charge is 0.265 e. The van der Waals surface area contributed by atoms with Gasteiger partial charge in [0.2, 0.25) is 10.0 Å². The molecule has 2 aromatic rings. The standard InChI is InChI=1S/C17H23N3O4S/c1-12(2)13-4-6-14(7-5-13)24-9-8-19-25(22,23)15-10-16(17(18)21)20(3)11-15/h4-7,10-12,19H,8-9H2,1-3H3,(H2,18,21). The summed E-state index contributed by atoms with van der Waals surface area (Å²) in [5, 5.41) is 0. The molecule has 0 spiro atoms. The predicted molar refractivity (Wildman–Crippen MR) is 95.1 cm³/mol. The predicted octanol–water partition coefficient (Wildman–Crippen LogP) is 1.60. The summed E-state index contributed by atoms with van der Waals surface area (Å²) in [6, 6.07) is 8.94. The number of carbonyl (C=O) groups is 1. The molecule has 3 N–H and O–H groups in total. The van der Waals surface area contributed by atoms with Gasteiger partial charge < -0.3 is 15.0 Å². The van der Waals surface area contributed by atoms with E-state index in [0.717, 1.165) is 0 Å². The number of amides is 1. The molecule has 0 saturated heterocycles. The van der Waals surface area contributed by atoms with Crippen molar-refractivity contribution in [3.63, 3.8) is 0 Å². The van der Waals surface area contributed by atoms with Gasteiger partial charge in [0.05, 0.1) is 0 Å². The topological polar surface area (TPSA) is 103 Å². The number of sulfonamides is 1. The molecular weight excluding hydrogens is 342 g/mol. The van der Waals surface area contributed by atoms with Crippen LogP contribution in [0.5, 0.6) is 5.75 Å². The summed E-state index contributed by atoms with van der Waals surface area (Å²) in [6.45, 7) is 4.51. The van der Waals surface area contributed by atoms with Gasteiger partial charge in [-0.15, -0.1) is 0 Å². The number of hydrogen-bond acceptors (Lipinski definition) is 4. The lowest BCUT2D eigenvalue weighted by Gasteiger charge is -2.09. The molecule has 1 amide bonds. The number of aryl methyl sites for hydroxylation is 1. The number of nitrogens with one attached hydrogen (secondary N) is 1. The molecule has 0 radical (unpaired) electrons. The number of benzene rings is 1. The molecule has 0 fully saturated rings. The lowest BCUT2D eigenvalue weighted by molar-refractivity contribution is 0.0992. The van der Waals surface area contributed by atoms with Crippen LogP contribution in [0, 0.1) is 0 Å². The molecule has 136 valence electrons. The molecule has 1 aromatic heterocycles.